The molecule has 9 aromatic rings. The van der Waals surface area contributed by atoms with Crippen LogP contribution in [0.15, 0.2) is 156 Å². The van der Waals surface area contributed by atoms with Crippen molar-refractivity contribution in [2.45, 2.75) is 77.6 Å². The molecule has 0 bridgehead atoms. The van der Waals surface area contributed by atoms with Crippen molar-refractivity contribution in [2.24, 2.45) is 11.8 Å². The van der Waals surface area contributed by atoms with E-state index < -0.39 is 0 Å². The fourth-order valence-electron chi connectivity index (χ4n) is 11.6. The average molecular weight is 765 g/mol. The van der Waals surface area contributed by atoms with Crippen molar-refractivity contribution in [1.29, 1.82) is 0 Å². The first-order valence-electron chi connectivity index (χ1n) is 22.3. The van der Waals surface area contributed by atoms with Crippen LogP contribution in [0, 0.1) is 11.8 Å². The first-order chi connectivity index (χ1) is 29.1. The zero-order valence-corrected chi connectivity index (χ0v) is 34.5. The van der Waals surface area contributed by atoms with Crippen molar-refractivity contribution in [3.05, 3.63) is 162 Å². The molecule has 0 N–H and O–H groups in total. The average Bonchev–Trinajstić information content (AvgIpc) is 3.68. The van der Waals surface area contributed by atoms with Crippen molar-refractivity contribution >= 4 is 71.1 Å². The van der Waals surface area contributed by atoms with Crippen LogP contribution in [0.1, 0.15) is 88.7 Å². The summed E-state index contributed by atoms with van der Waals surface area (Å²) in [6, 6.07) is 50.1. The van der Waals surface area contributed by atoms with Gasteiger partial charge in [-0.15, -0.1) is 0 Å². The third-order valence-corrected chi connectivity index (χ3v) is 14.4. The molecule has 1 aromatic heterocycles. The maximum Gasteiger partial charge on any atom is 0.143 e. The Morgan fingerprint density at radius 3 is 1.76 bits per heavy atom. The van der Waals surface area contributed by atoms with Crippen molar-refractivity contribution in [1.82, 2.24) is 0 Å². The predicted molar refractivity (Wildman–Crippen MR) is 254 cm³/mol. The quantitative estimate of drug-likeness (QED) is 0.121. The van der Waals surface area contributed by atoms with Gasteiger partial charge in [0, 0.05) is 21.9 Å². The van der Waals surface area contributed by atoms with E-state index in [1.807, 2.05) is 0 Å². The third kappa shape index (κ3) is 5.88. The maximum absolute atomic E-state index is 7.14. The molecule has 1 heteroatoms. The van der Waals surface area contributed by atoms with E-state index in [4.69, 9.17) is 4.42 Å². The van der Waals surface area contributed by atoms with E-state index in [1.165, 1.54) is 120 Å². The third-order valence-electron chi connectivity index (χ3n) is 14.4. The fourth-order valence-corrected chi connectivity index (χ4v) is 11.6. The molecule has 11 rings (SSSR count). The predicted octanol–water partition coefficient (Wildman–Crippen LogP) is 17.4. The summed E-state index contributed by atoms with van der Waals surface area (Å²) in [5.41, 5.74) is 12.7. The maximum atomic E-state index is 7.14. The lowest BCUT2D eigenvalue weighted by Gasteiger charge is -2.34. The highest BCUT2D eigenvalue weighted by atomic mass is 16.3. The van der Waals surface area contributed by atoms with Gasteiger partial charge in [-0.1, -0.05) is 178 Å². The topological polar surface area (TPSA) is 13.1 Å². The standard InChI is InChI=1S/C58H52O/c1-4-37-17-14-18-38(34-37)35-52-41-19-6-8-21-43(41)56(44-22-9-7-20-42(44)52)50-28-15-29-51-57-49(27-16-30-53(57)59-58(50)51)55-47-25-12-10-23-45(47)54(46-24-11-13-26-48(46)55)40-32-31-36(3)33-39(40)5-2/h6-13,15-16,19-30,35,37,39-40H,3-5,14,17-18,31-34H2,1-2H3/b38-35+. The molecule has 2 fully saturated rings. The Bertz CT molecular complexity index is 3040. The zero-order valence-electron chi connectivity index (χ0n) is 34.5. The molecule has 0 radical (unpaired) electrons. The van der Waals surface area contributed by atoms with E-state index in [2.05, 4.69) is 160 Å². The molecule has 0 amide bonds. The molecule has 0 aliphatic heterocycles. The normalized spacial score (nSPS) is 19.6. The van der Waals surface area contributed by atoms with E-state index in [1.54, 1.807) is 5.57 Å². The molecule has 1 heterocycles. The smallest absolute Gasteiger partial charge is 0.143 e. The summed E-state index contributed by atoms with van der Waals surface area (Å²) in [5, 5.41) is 12.9. The molecule has 2 aliphatic carbocycles. The minimum atomic E-state index is 0.505. The van der Waals surface area contributed by atoms with Crippen LogP contribution in [0.2, 0.25) is 0 Å². The van der Waals surface area contributed by atoms with E-state index in [9.17, 15) is 0 Å². The summed E-state index contributed by atoms with van der Waals surface area (Å²) in [4.78, 5) is 0. The van der Waals surface area contributed by atoms with Crippen molar-refractivity contribution in [3.8, 4) is 22.3 Å². The lowest BCUT2D eigenvalue weighted by Crippen LogP contribution is -2.19. The number of hydrogen-bond donors (Lipinski definition) is 0. The van der Waals surface area contributed by atoms with Crippen molar-refractivity contribution in [3.63, 3.8) is 0 Å². The molecule has 59 heavy (non-hydrogen) atoms. The molecular formula is C58H52O. The van der Waals surface area contributed by atoms with Crippen LogP contribution in [-0.2, 0) is 0 Å². The van der Waals surface area contributed by atoms with Gasteiger partial charge in [-0.2, -0.15) is 0 Å². The van der Waals surface area contributed by atoms with Crippen LogP contribution in [0.5, 0.6) is 0 Å². The number of furan rings is 1. The van der Waals surface area contributed by atoms with E-state index >= 15 is 0 Å². The minimum absolute atomic E-state index is 0.505. The van der Waals surface area contributed by atoms with Gasteiger partial charge in [0.1, 0.15) is 11.2 Å². The molecule has 0 spiro atoms. The number of hydrogen-bond acceptors (Lipinski definition) is 1. The summed E-state index contributed by atoms with van der Waals surface area (Å²) < 4.78 is 7.14. The Balaban J connectivity index is 1.16. The molecule has 1 nitrogen and oxygen atoms in total. The highest BCUT2D eigenvalue weighted by Gasteiger charge is 2.31. The van der Waals surface area contributed by atoms with Gasteiger partial charge in [-0.3, -0.25) is 0 Å². The lowest BCUT2D eigenvalue weighted by molar-refractivity contribution is 0.352. The van der Waals surface area contributed by atoms with Gasteiger partial charge in [0.05, 0.1) is 0 Å². The Morgan fingerprint density at radius 2 is 1.12 bits per heavy atom. The Morgan fingerprint density at radius 1 is 0.559 bits per heavy atom. The Hall–Kier alpha value is -5.92. The summed E-state index contributed by atoms with van der Waals surface area (Å²) in [5.74, 6) is 1.90. The second-order valence-corrected chi connectivity index (χ2v) is 17.7. The van der Waals surface area contributed by atoms with Crippen LogP contribution in [-0.4, -0.2) is 0 Å². The van der Waals surface area contributed by atoms with Crippen molar-refractivity contribution < 1.29 is 4.42 Å². The molecule has 2 aliphatic rings. The van der Waals surface area contributed by atoms with Gasteiger partial charge < -0.3 is 4.42 Å². The first kappa shape index (κ1) is 36.2. The van der Waals surface area contributed by atoms with Gasteiger partial charge >= 0.3 is 0 Å². The highest BCUT2D eigenvalue weighted by Crippen LogP contribution is 2.52. The fraction of sp³-hybridized carbons (Fsp3) is 0.241. The SMILES string of the molecule is C=C1CCC(c2c3ccccc3c(-c3cccc4oc5c(-c6c7ccccc7c(/C=C7\CCCC(CC)C7)c7ccccc67)cccc5c34)c3ccccc23)C(CC)C1. The molecule has 0 saturated heterocycles. The summed E-state index contributed by atoms with van der Waals surface area (Å²) in [6.07, 6.45) is 13.4. The van der Waals surface area contributed by atoms with Gasteiger partial charge in [0.25, 0.3) is 0 Å². The van der Waals surface area contributed by atoms with E-state index in [0.717, 1.165) is 47.3 Å². The van der Waals surface area contributed by atoms with Gasteiger partial charge in [-0.25, -0.2) is 0 Å². The molecule has 2 saturated carbocycles. The number of fused-ring (bicyclic) bond motifs is 7. The molecule has 8 aromatic carbocycles. The van der Waals surface area contributed by atoms with E-state index in [-0.39, 0.29) is 0 Å². The second-order valence-electron chi connectivity index (χ2n) is 17.7. The summed E-state index contributed by atoms with van der Waals surface area (Å²) in [6.45, 7) is 9.16. The van der Waals surface area contributed by atoms with Gasteiger partial charge in [0.2, 0.25) is 0 Å². The zero-order chi connectivity index (χ0) is 39.6. The van der Waals surface area contributed by atoms with Gasteiger partial charge in [-0.05, 0) is 134 Å². The number of benzene rings is 8. The molecule has 290 valence electrons. The number of allylic oxidation sites excluding steroid dienone is 2. The number of para-hydroxylation sites is 1. The van der Waals surface area contributed by atoms with Crippen LogP contribution >= 0.6 is 0 Å². The Labute approximate surface area is 348 Å². The molecule has 3 unspecified atom stereocenters. The summed E-state index contributed by atoms with van der Waals surface area (Å²) in [7, 11) is 0. The minimum Gasteiger partial charge on any atom is -0.455 e. The lowest BCUT2D eigenvalue weighted by atomic mass is 9.70. The monoisotopic (exact) mass is 764 g/mol. The van der Waals surface area contributed by atoms with Crippen LogP contribution in [0.3, 0.4) is 0 Å². The Kier molecular flexibility index (Phi) is 9.03. The molecule has 3 atom stereocenters. The van der Waals surface area contributed by atoms with Gasteiger partial charge in [0.15, 0.2) is 0 Å². The van der Waals surface area contributed by atoms with Crippen molar-refractivity contribution in [2.75, 3.05) is 0 Å². The number of rotatable bonds is 6. The van der Waals surface area contributed by atoms with E-state index in [0.29, 0.717) is 11.8 Å². The largest absolute Gasteiger partial charge is 0.455 e. The highest BCUT2D eigenvalue weighted by molar-refractivity contribution is 6.25. The second kappa shape index (κ2) is 14.7. The van der Waals surface area contributed by atoms with Crippen LogP contribution in [0.25, 0.3) is 93.4 Å². The van der Waals surface area contributed by atoms with Crippen LogP contribution < -0.4 is 0 Å². The summed E-state index contributed by atoms with van der Waals surface area (Å²) >= 11 is 0. The first-order valence-corrected chi connectivity index (χ1v) is 22.3. The molecular weight excluding hydrogens is 713 g/mol. The van der Waals surface area contributed by atoms with Crippen LogP contribution in [0.4, 0.5) is 0 Å².